The fourth-order valence-corrected chi connectivity index (χ4v) is 7.41. The molecule has 0 amide bonds. The topological polar surface area (TPSA) is 62.4 Å². The van der Waals surface area contributed by atoms with Crippen LogP contribution in [0.2, 0.25) is 0 Å². The van der Waals surface area contributed by atoms with E-state index in [-0.39, 0.29) is 14.9 Å². The van der Waals surface area contributed by atoms with E-state index in [9.17, 15) is 0 Å². The standard InChI is InChI=1S/4C9H19NO.C7H15NO.2CH4/c2*1-4-9-7-11-6-5-10(9)8(2)3;2*1-4-9-7-10(8(2)3)5-6-11-9;1-7(2)8-3-5-9-6-4-8;;/h4*8-9H,4-7H2,1-3H3;7H,3-6H2,1-2H3;2*1H4/t4*9-;;;/m1010.../s1. The van der Waals surface area contributed by atoms with Crippen LogP contribution in [0.3, 0.4) is 0 Å². The van der Waals surface area contributed by atoms with Gasteiger partial charge in [-0.2, -0.15) is 0 Å². The van der Waals surface area contributed by atoms with Crippen molar-refractivity contribution in [2.45, 2.75) is 192 Å². The van der Waals surface area contributed by atoms with Crippen LogP contribution in [0.4, 0.5) is 0 Å². The lowest BCUT2D eigenvalue weighted by atomic mass is 10.1. The third-order valence-electron chi connectivity index (χ3n) is 11.3. The molecule has 0 aromatic carbocycles. The van der Waals surface area contributed by atoms with Gasteiger partial charge in [-0.05, 0) is 94.9 Å². The van der Waals surface area contributed by atoms with Crippen molar-refractivity contribution in [3.63, 3.8) is 0 Å². The number of morpholine rings is 5. The van der Waals surface area contributed by atoms with Gasteiger partial charge in [-0.25, -0.2) is 0 Å². The highest BCUT2D eigenvalue weighted by atomic mass is 16.5. The normalized spacial score (nSPS) is 26.0. The van der Waals surface area contributed by atoms with Crippen LogP contribution in [0.5, 0.6) is 0 Å². The Morgan fingerprint density at radius 3 is 0.982 bits per heavy atom. The highest BCUT2D eigenvalue weighted by Gasteiger charge is 2.24. The second-order valence-electron chi connectivity index (χ2n) is 16.7. The highest BCUT2D eigenvalue weighted by molar-refractivity contribution is 4.78. The summed E-state index contributed by atoms with van der Waals surface area (Å²) in [7, 11) is 0. The van der Waals surface area contributed by atoms with Crippen LogP contribution < -0.4 is 0 Å². The van der Waals surface area contributed by atoms with Crippen molar-refractivity contribution < 1.29 is 23.7 Å². The molecule has 0 spiro atoms. The minimum atomic E-state index is 0. The fourth-order valence-electron chi connectivity index (χ4n) is 7.41. The zero-order valence-corrected chi connectivity index (χ0v) is 37.6. The molecule has 5 rings (SSSR count). The molecule has 0 aromatic rings. The van der Waals surface area contributed by atoms with Gasteiger partial charge in [-0.15, -0.1) is 0 Å². The van der Waals surface area contributed by atoms with Crippen LogP contribution in [0, 0.1) is 0 Å². The van der Waals surface area contributed by atoms with E-state index in [2.05, 4.69) is 121 Å². The van der Waals surface area contributed by atoms with E-state index in [4.69, 9.17) is 23.7 Å². The molecule has 5 saturated heterocycles. The minimum Gasteiger partial charge on any atom is -0.379 e. The third kappa shape index (κ3) is 23.7. The molecule has 10 heteroatoms. The number of hydrogen-bond donors (Lipinski definition) is 0. The first-order chi connectivity index (χ1) is 25.3. The molecule has 5 fully saturated rings. The Kier molecular flexibility index (Phi) is 34.5. The number of ether oxygens (including phenoxy) is 5. The lowest BCUT2D eigenvalue weighted by Gasteiger charge is -2.37. The summed E-state index contributed by atoms with van der Waals surface area (Å²) < 4.78 is 27.2. The van der Waals surface area contributed by atoms with Crippen LogP contribution in [-0.2, 0) is 23.7 Å². The van der Waals surface area contributed by atoms with Gasteiger partial charge < -0.3 is 23.7 Å². The smallest absolute Gasteiger partial charge is 0.0700 e. The Hall–Kier alpha value is -0.400. The van der Waals surface area contributed by atoms with Crippen LogP contribution in [0.1, 0.15) is 137 Å². The molecule has 5 heterocycles. The Bertz CT molecular complexity index is 788. The van der Waals surface area contributed by atoms with Crippen LogP contribution in [-0.4, -0.2) is 184 Å². The number of nitrogens with zero attached hydrogens (tertiary/aromatic N) is 5. The van der Waals surface area contributed by atoms with Crippen molar-refractivity contribution in [1.82, 2.24) is 24.5 Å². The van der Waals surface area contributed by atoms with E-state index < -0.39 is 0 Å². The van der Waals surface area contributed by atoms with Gasteiger partial charge in [-0.3, -0.25) is 24.5 Å². The van der Waals surface area contributed by atoms with E-state index in [0.717, 1.165) is 118 Å². The molecule has 55 heavy (non-hydrogen) atoms. The summed E-state index contributed by atoms with van der Waals surface area (Å²) in [5.41, 5.74) is 0. The minimum absolute atomic E-state index is 0. The van der Waals surface area contributed by atoms with Gasteiger partial charge in [0.1, 0.15) is 0 Å². The predicted molar refractivity (Wildman–Crippen MR) is 238 cm³/mol. The molecule has 0 bridgehead atoms. The SMILES string of the molecule is C.C.CC(C)N1CCOCC1.CC[C@@H]1CN(C(C)C)CCO1.CC[C@@H]1COCCN1C(C)C.CC[C@H]1CN(C(C)C)CCO1.CC[C@H]1COCCN1C(C)C. The second kappa shape index (κ2) is 33.4. The predicted octanol–water partition coefficient (Wildman–Crippen LogP) is 8.02. The van der Waals surface area contributed by atoms with E-state index >= 15 is 0 Å². The first kappa shape index (κ1) is 56.7. The van der Waals surface area contributed by atoms with Crippen molar-refractivity contribution in [3.05, 3.63) is 0 Å². The first-order valence-electron chi connectivity index (χ1n) is 22.0. The number of rotatable bonds is 9. The van der Waals surface area contributed by atoms with Crippen molar-refractivity contribution in [2.75, 3.05) is 105 Å². The summed E-state index contributed by atoms with van der Waals surface area (Å²) >= 11 is 0. The quantitative estimate of drug-likeness (QED) is 0.230. The largest absolute Gasteiger partial charge is 0.379 e. The molecule has 5 aliphatic rings. The zero-order valence-electron chi connectivity index (χ0n) is 37.6. The van der Waals surface area contributed by atoms with Gasteiger partial charge in [-0.1, -0.05) is 42.5 Å². The van der Waals surface area contributed by atoms with Gasteiger partial charge in [0.25, 0.3) is 0 Å². The monoisotopic (exact) mass is 790 g/mol. The fraction of sp³-hybridized carbons (Fsp3) is 1.00. The Balaban J connectivity index is 0. The van der Waals surface area contributed by atoms with E-state index in [0.29, 0.717) is 54.5 Å². The maximum atomic E-state index is 5.57. The second-order valence-corrected chi connectivity index (χ2v) is 16.7. The summed E-state index contributed by atoms with van der Waals surface area (Å²) in [4.78, 5) is 12.5. The molecule has 334 valence electrons. The van der Waals surface area contributed by atoms with E-state index in [1.165, 1.54) is 12.8 Å². The summed E-state index contributed by atoms with van der Waals surface area (Å²) in [5, 5.41) is 0. The van der Waals surface area contributed by atoms with Crippen molar-refractivity contribution in [2.24, 2.45) is 0 Å². The molecule has 0 aliphatic carbocycles. The van der Waals surface area contributed by atoms with Crippen LogP contribution in [0.25, 0.3) is 0 Å². The molecule has 5 aliphatic heterocycles. The molecule has 0 radical (unpaired) electrons. The molecule has 4 atom stereocenters. The van der Waals surface area contributed by atoms with Crippen LogP contribution >= 0.6 is 0 Å². The molecule has 10 nitrogen and oxygen atoms in total. The van der Waals surface area contributed by atoms with Crippen LogP contribution in [0.15, 0.2) is 0 Å². The molecule has 0 unspecified atom stereocenters. The van der Waals surface area contributed by atoms with Crippen molar-refractivity contribution in [3.8, 4) is 0 Å². The molecule has 0 N–H and O–H groups in total. The maximum Gasteiger partial charge on any atom is 0.0700 e. The average molecular weight is 790 g/mol. The van der Waals surface area contributed by atoms with E-state index in [1.807, 2.05) is 0 Å². The Morgan fingerprint density at radius 1 is 0.400 bits per heavy atom. The molecule has 0 aromatic heterocycles. The Morgan fingerprint density at radius 2 is 0.727 bits per heavy atom. The summed E-state index contributed by atoms with van der Waals surface area (Å²) in [6.45, 7) is 47.5. The summed E-state index contributed by atoms with van der Waals surface area (Å²) in [6.07, 6.45) is 5.65. The lowest BCUT2D eigenvalue weighted by molar-refractivity contribution is -0.0396. The maximum absolute atomic E-state index is 5.57. The van der Waals surface area contributed by atoms with Crippen molar-refractivity contribution in [1.29, 1.82) is 0 Å². The molecular weight excluding hydrogens is 691 g/mol. The molecular formula is C45H99N5O5. The Labute approximate surface area is 344 Å². The number of hydrogen-bond acceptors (Lipinski definition) is 10. The third-order valence-corrected chi connectivity index (χ3v) is 11.3. The lowest BCUT2D eigenvalue weighted by Crippen LogP contribution is -2.48. The summed E-state index contributed by atoms with van der Waals surface area (Å²) in [6, 6.07) is 4.69. The van der Waals surface area contributed by atoms with Gasteiger partial charge in [0.2, 0.25) is 0 Å². The van der Waals surface area contributed by atoms with E-state index in [1.54, 1.807) is 0 Å². The van der Waals surface area contributed by atoms with Gasteiger partial charge in [0.15, 0.2) is 0 Å². The zero-order chi connectivity index (χ0) is 39.8. The van der Waals surface area contributed by atoms with Gasteiger partial charge in [0, 0.05) is 94.7 Å². The first-order valence-corrected chi connectivity index (χ1v) is 22.0. The van der Waals surface area contributed by atoms with Crippen molar-refractivity contribution >= 4 is 0 Å². The van der Waals surface area contributed by atoms with Gasteiger partial charge >= 0.3 is 0 Å². The highest BCUT2D eigenvalue weighted by Crippen LogP contribution is 2.15. The summed E-state index contributed by atoms with van der Waals surface area (Å²) in [5.74, 6) is 0. The average Bonchev–Trinajstić information content (AvgIpc) is 3.19. The molecule has 0 saturated carbocycles. The van der Waals surface area contributed by atoms with Gasteiger partial charge in [0.05, 0.1) is 65.1 Å².